The van der Waals surface area contributed by atoms with E-state index in [9.17, 15) is 18.0 Å². The minimum Gasteiger partial charge on any atom is -0.486 e. The molecule has 2 aromatic rings. The number of rotatable bonds is 4. The van der Waals surface area contributed by atoms with Crippen molar-refractivity contribution in [2.75, 3.05) is 13.2 Å². The molecule has 0 spiro atoms. The topological polar surface area (TPSA) is 47.6 Å². The van der Waals surface area contributed by atoms with Crippen molar-refractivity contribution in [3.05, 3.63) is 59.7 Å². The number of halogens is 3. The average molecular weight is 351 g/mol. The summed E-state index contributed by atoms with van der Waals surface area (Å²) in [6.07, 6.45) is -4.69. The van der Waals surface area contributed by atoms with Gasteiger partial charge in [-0.3, -0.25) is 4.79 Å². The number of hydrogen-bond acceptors (Lipinski definition) is 3. The third-order valence-electron chi connectivity index (χ3n) is 3.74. The fraction of sp³-hybridized carbons (Fsp3) is 0.278. The largest absolute Gasteiger partial charge is 0.486 e. The monoisotopic (exact) mass is 351 g/mol. The summed E-state index contributed by atoms with van der Waals surface area (Å²) in [4.78, 5) is 12.0. The number of ether oxygens (including phenoxy) is 2. The SMILES string of the molecule is O=C(Cc1ccc(C(F)(F)F)cc1)NC[C@H]1COc2ccccc2O1. The van der Waals surface area contributed by atoms with E-state index in [0.717, 1.165) is 12.1 Å². The molecule has 0 aromatic heterocycles. The Bertz CT molecular complexity index is 744. The molecule has 1 atom stereocenters. The van der Waals surface area contributed by atoms with Crippen LogP contribution in [0.2, 0.25) is 0 Å². The summed E-state index contributed by atoms with van der Waals surface area (Å²) in [5.41, 5.74) is -0.222. The number of carbonyl (C=O) groups is 1. The molecule has 1 N–H and O–H groups in total. The summed E-state index contributed by atoms with van der Waals surface area (Å²) in [6.45, 7) is 0.575. The molecule has 0 fully saturated rings. The summed E-state index contributed by atoms with van der Waals surface area (Å²) in [6, 6.07) is 11.8. The van der Waals surface area contributed by atoms with Crippen molar-refractivity contribution in [2.45, 2.75) is 18.7 Å². The number of fused-ring (bicyclic) bond motifs is 1. The molecule has 1 aliphatic heterocycles. The van der Waals surface area contributed by atoms with Crippen LogP contribution < -0.4 is 14.8 Å². The highest BCUT2D eigenvalue weighted by Gasteiger charge is 2.30. The quantitative estimate of drug-likeness (QED) is 0.920. The molecule has 1 amide bonds. The van der Waals surface area contributed by atoms with E-state index in [1.165, 1.54) is 12.1 Å². The number of benzene rings is 2. The molecule has 25 heavy (non-hydrogen) atoms. The van der Waals surface area contributed by atoms with Crippen LogP contribution in [-0.4, -0.2) is 25.2 Å². The number of alkyl halides is 3. The van der Waals surface area contributed by atoms with Gasteiger partial charge >= 0.3 is 6.18 Å². The van der Waals surface area contributed by atoms with Crippen LogP contribution in [-0.2, 0) is 17.4 Å². The first-order chi connectivity index (χ1) is 11.9. The molecule has 0 saturated carbocycles. The van der Waals surface area contributed by atoms with Crippen LogP contribution in [0, 0.1) is 0 Å². The lowest BCUT2D eigenvalue weighted by Gasteiger charge is -2.26. The minimum absolute atomic E-state index is 0.00228. The van der Waals surface area contributed by atoms with Gasteiger partial charge in [0, 0.05) is 0 Å². The Morgan fingerprint density at radius 3 is 2.44 bits per heavy atom. The van der Waals surface area contributed by atoms with E-state index in [0.29, 0.717) is 23.7 Å². The van der Waals surface area contributed by atoms with Crippen molar-refractivity contribution in [1.82, 2.24) is 5.32 Å². The standard InChI is InChI=1S/C18H16F3NO3/c19-18(20,21)13-7-5-12(6-8-13)9-17(23)22-10-14-11-24-15-3-1-2-4-16(15)25-14/h1-8,14H,9-11H2,(H,22,23)/t14-/m0/s1. The van der Waals surface area contributed by atoms with Gasteiger partial charge in [-0.25, -0.2) is 0 Å². The van der Waals surface area contributed by atoms with Crippen molar-refractivity contribution in [2.24, 2.45) is 0 Å². The van der Waals surface area contributed by atoms with Crippen molar-refractivity contribution < 1.29 is 27.4 Å². The molecule has 2 aromatic carbocycles. The number of carbonyl (C=O) groups excluding carboxylic acids is 1. The fourth-order valence-corrected chi connectivity index (χ4v) is 2.45. The van der Waals surface area contributed by atoms with Gasteiger partial charge in [0.1, 0.15) is 12.7 Å². The zero-order valence-electron chi connectivity index (χ0n) is 13.2. The van der Waals surface area contributed by atoms with E-state index >= 15 is 0 Å². The van der Waals surface area contributed by atoms with Gasteiger partial charge in [0.15, 0.2) is 11.5 Å². The van der Waals surface area contributed by atoms with Crippen molar-refractivity contribution in [1.29, 1.82) is 0 Å². The van der Waals surface area contributed by atoms with Crippen molar-refractivity contribution >= 4 is 5.91 Å². The van der Waals surface area contributed by atoms with Gasteiger partial charge in [-0.2, -0.15) is 13.2 Å². The molecule has 1 aliphatic rings. The highest BCUT2D eigenvalue weighted by molar-refractivity contribution is 5.78. The third kappa shape index (κ3) is 4.43. The second-order valence-corrected chi connectivity index (χ2v) is 5.67. The van der Waals surface area contributed by atoms with Gasteiger partial charge in [-0.1, -0.05) is 24.3 Å². The Labute approximate surface area is 142 Å². The third-order valence-corrected chi connectivity index (χ3v) is 3.74. The zero-order chi connectivity index (χ0) is 17.9. The Balaban J connectivity index is 1.49. The summed E-state index contributed by atoms with van der Waals surface area (Å²) in [5.74, 6) is 0.993. The van der Waals surface area contributed by atoms with Crippen LogP contribution in [0.25, 0.3) is 0 Å². The van der Waals surface area contributed by atoms with Gasteiger partial charge in [-0.05, 0) is 29.8 Å². The van der Waals surface area contributed by atoms with E-state index in [1.807, 2.05) is 12.1 Å². The van der Waals surface area contributed by atoms with Gasteiger partial charge < -0.3 is 14.8 Å². The second kappa shape index (κ2) is 7.04. The normalized spacial score (nSPS) is 16.4. The van der Waals surface area contributed by atoms with Gasteiger partial charge in [0.25, 0.3) is 0 Å². The molecule has 7 heteroatoms. The van der Waals surface area contributed by atoms with Crippen LogP contribution in [0.5, 0.6) is 11.5 Å². The predicted octanol–water partition coefficient (Wildman–Crippen LogP) is 3.20. The number of nitrogens with one attached hydrogen (secondary N) is 1. The van der Waals surface area contributed by atoms with Crippen molar-refractivity contribution in [3.8, 4) is 11.5 Å². The Morgan fingerprint density at radius 1 is 1.08 bits per heavy atom. The lowest BCUT2D eigenvalue weighted by molar-refractivity contribution is -0.137. The summed E-state index contributed by atoms with van der Waals surface area (Å²) >= 11 is 0. The van der Waals surface area contributed by atoms with E-state index in [1.54, 1.807) is 12.1 Å². The van der Waals surface area contributed by atoms with Gasteiger partial charge in [0.2, 0.25) is 5.91 Å². The highest BCUT2D eigenvalue weighted by Crippen LogP contribution is 2.31. The lowest BCUT2D eigenvalue weighted by Crippen LogP contribution is -2.41. The molecule has 0 bridgehead atoms. The molecule has 0 aliphatic carbocycles. The maximum atomic E-state index is 12.5. The summed E-state index contributed by atoms with van der Waals surface area (Å²) in [7, 11) is 0. The van der Waals surface area contributed by atoms with Gasteiger partial charge in [0.05, 0.1) is 18.5 Å². The highest BCUT2D eigenvalue weighted by atomic mass is 19.4. The van der Waals surface area contributed by atoms with E-state index in [4.69, 9.17) is 9.47 Å². The van der Waals surface area contributed by atoms with Crippen LogP contribution in [0.1, 0.15) is 11.1 Å². The van der Waals surface area contributed by atoms with Crippen LogP contribution in [0.4, 0.5) is 13.2 Å². The zero-order valence-corrected chi connectivity index (χ0v) is 13.2. The summed E-state index contributed by atoms with van der Waals surface area (Å²) < 4.78 is 48.8. The Hall–Kier alpha value is -2.70. The number of amides is 1. The first-order valence-electron chi connectivity index (χ1n) is 7.73. The van der Waals surface area contributed by atoms with E-state index in [-0.39, 0.29) is 25.0 Å². The molecule has 132 valence electrons. The average Bonchev–Trinajstić information content (AvgIpc) is 2.59. The molecule has 0 saturated heterocycles. The van der Waals surface area contributed by atoms with Crippen LogP contribution in [0.3, 0.4) is 0 Å². The molecular weight excluding hydrogens is 335 g/mol. The number of hydrogen-bond donors (Lipinski definition) is 1. The molecule has 4 nitrogen and oxygen atoms in total. The fourth-order valence-electron chi connectivity index (χ4n) is 2.45. The minimum atomic E-state index is -4.38. The summed E-state index contributed by atoms with van der Waals surface area (Å²) in [5, 5.41) is 2.71. The van der Waals surface area contributed by atoms with Crippen LogP contribution >= 0.6 is 0 Å². The molecule has 3 rings (SSSR count). The predicted molar refractivity (Wildman–Crippen MR) is 84.5 cm³/mol. The molecular formula is C18H16F3NO3. The second-order valence-electron chi connectivity index (χ2n) is 5.67. The molecule has 0 unspecified atom stereocenters. The van der Waals surface area contributed by atoms with Crippen LogP contribution in [0.15, 0.2) is 48.5 Å². The van der Waals surface area contributed by atoms with E-state index in [2.05, 4.69) is 5.32 Å². The first kappa shape index (κ1) is 17.1. The lowest BCUT2D eigenvalue weighted by atomic mass is 10.1. The smallest absolute Gasteiger partial charge is 0.416 e. The molecule has 1 heterocycles. The van der Waals surface area contributed by atoms with Crippen molar-refractivity contribution in [3.63, 3.8) is 0 Å². The molecule has 0 radical (unpaired) electrons. The maximum Gasteiger partial charge on any atom is 0.416 e. The van der Waals surface area contributed by atoms with E-state index < -0.39 is 11.7 Å². The Kier molecular flexibility index (Phi) is 4.83. The Morgan fingerprint density at radius 2 is 1.76 bits per heavy atom. The first-order valence-corrected chi connectivity index (χ1v) is 7.73. The number of para-hydroxylation sites is 2. The maximum absolute atomic E-state index is 12.5. The van der Waals surface area contributed by atoms with Gasteiger partial charge in [-0.15, -0.1) is 0 Å².